The number of anilines is 1. The van der Waals surface area contributed by atoms with Crippen LogP contribution in [0.5, 0.6) is 0 Å². The fraction of sp³-hybridized carbons (Fsp3) is 0.167. The summed E-state index contributed by atoms with van der Waals surface area (Å²) < 4.78 is 5.05. The van der Waals surface area contributed by atoms with E-state index in [1.54, 1.807) is 19.4 Å². The molecule has 17 heavy (non-hydrogen) atoms. The highest BCUT2D eigenvalue weighted by atomic mass is 16.5. The minimum absolute atomic E-state index is 0.593. The van der Waals surface area contributed by atoms with E-state index >= 15 is 0 Å². The van der Waals surface area contributed by atoms with Crippen molar-refractivity contribution in [2.45, 2.75) is 6.61 Å². The lowest BCUT2D eigenvalue weighted by molar-refractivity contribution is 0.185. The average molecular weight is 230 g/mol. The number of hydrogen-bond acceptors (Lipinski definition) is 5. The number of methoxy groups -OCH3 is 1. The van der Waals surface area contributed by atoms with Crippen molar-refractivity contribution in [2.75, 3.05) is 12.5 Å². The summed E-state index contributed by atoms with van der Waals surface area (Å²) in [4.78, 5) is 8.45. The second-order valence-corrected chi connectivity index (χ2v) is 3.54. The van der Waals surface area contributed by atoms with Gasteiger partial charge in [-0.05, 0) is 5.56 Å². The normalized spacial score (nSPS) is 10.2. The zero-order chi connectivity index (χ0) is 12.1. The van der Waals surface area contributed by atoms with Crippen LogP contribution in [-0.2, 0) is 11.3 Å². The van der Waals surface area contributed by atoms with Crippen molar-refractivity contribution in [3.8, 4) is 11.4 Å². The number of hydrogen-bond donors (Lipinski definition) is 2. The van der Waals surface area contributed by atoms with Crippen LogP contribution in [-0.4, -0.2) is 17.1 Å². The minimum atomic E-state index is 0.593. The van der Waals surface area contributed by atoms with Crippen LogP contribution in [0.2, 0.25) is 0 Å². The number of aromatic nitrogens is 2. The lowest BCUT2D eigenvalue weighted by Gasteiger charge is -2.04. The third-order valence-corrected chi connectivity index (χ3v) is 2.33. The summed E-state index contributed by atoms with van der Waals surface area (Å²) in [5.41, 5.74) is 4.56. The molecule has 0 saturated heterocycles. The quantitative estimate of drug-likeness (QED) is 0.616. The number of hydrazine groups is 1. The Balaban J connectivity index is 2.26. The molecular weight excluding hydrogens is 216 g/mol. The van der Waals surface area contributed by atoms with E-state index in [9.17, 15) is 0 Å². The van der Waals surface area contributed by atoms with Crippen molar-refractivity contribution < 1.29 is 4.74 Å². The van der Waals surface area contributed by atoms with Gasteiger partial charge in [-0.1, -0.05) is 24.3 Å². The topological polar surface area (TPSA) is 73.1 Å². The van der Waals surface area contributed by atoms with E-state index in [0.29, 0.717) is 18.2 Å². The molecule has 2 rings (SSSR count). The van der Waals surface area contributed by atoms with Crippen LogP contribution >= 0.6 is 0 Å². The van der Waals surface area contributed by atoms with Crippen molar-refractivity contribution in [3.05, 3.63) is 42.1 Å². The molecule has 0 aliphatic rings. The maximum atomic E-state index is 5.30. The van der Waals surface area contributed by atoms with E-state index in [1.807, 2.05) is 24.3 Å². The highest BCUT2D eigenvalue weighted by Gasteiger charge is 2.02. The van der Waals surface area contributed by atoms with Crippen LogP contribution < -0.4 is 11.3 Å². The second-order valence-electron chi connectivity index (χ2n) is 3.54. The molecule has 1 heterocycles. The van der Waals surface area contributed by atoms with Gasteiger partial charge in [-0.2, -0.15) is 0 Å². The molecule has 5 nitrogen and oxygen atoms in total. The maximum Gasteiger partial charge on any atom is 0.161 e. The highest BCUT2D eigenvalue weighted by molar-refractivity contribution is 5.57. The van der Waals surface area contributed by atoms with E-state index in [1.165, 1.54) is 0 Å². The van der Waals surface area contributed by atoms with E-state index in [2.05, 4.69) is 15.4 Å². The first-order chi connectivity index (χ1) is 8.33. The number of benzene rings is 1. The fourth-order valence-electron chi connectivity index (χ4n) is 1.49. The smallest absolute Gasteiger partial charge is 0.161 e. The Hall–Kier alpha value is -1.98. The molecule has 0 bridgehead atoms. The van der Waals surface area contributed by atoms with Crippen LogP contribution in [0.4, 0.5) is 5.82 Å². The van der Waals surface area contributed by atoms with Gasteiger partial charge >= 0.3 is 0 Å². The predicted molar refractivity (Wildman–Crippen MR) is 66.0 cm³/mol. The third-order valence-electron chi connectivity index (χ3n) is 2.33. The fourth-order valence-corrected chi connectivity index (χ4v) is 1.49. The zero-order valence-corrected chi connectivity index (χ0v) is 9.55. The molecule has 0 amide bonds. The molecule has 0 atom stereocenters. The first-order valence-corrected chi connectivity index (χ1v) is 5.21. The van der Waals surface area contributed by atoms with Crippen LogP contribution in [0.25, 0.3) is 11.4 Å². The molecule has 5 heteroatoms. The van der Waals surface area contributed by atoms with Gasteiger partial charge in [0.15, 0.2) is 5.82 Å². The molecule has 2 aromatic rings. The first-order valence-electron chi connectivity index (χ1n) is 5.21. The molecule has 1 aromatic carbocycles. The number of nitrogen functional groups attached to an aromatic ring is 1. The molecule has 0 aliphatic heterocycles. The number of rotatable bonds is 4. The summed E-state index contributed by atoms with van der Waals surface area (Å²) in [6, 6.07) is 9.62. The Morgan fingerprint density at radius 1 is 1.24 bits per heavy atom. The van der Waals surface area contributed by atoms with Crippen molar-refractivity contribution in [1.82, 2.24) is 9.97 Å². The van der Waals surface area contributed by atoms with Crippen molar-refractivity contribution in [2.24, 2.45) is 5.84 Å². The number of nitrogens with two attached hydrogens (primary N) is 1. The largest absolute Gasteiger partial charge is 0.380 e. The Morgan fingerprint density at radius 2 is 2.00 bits per heavy atom. The molecule has 0 fully saturated rings. The Morgan fingerprint density at radius 3 is 2.65 bits per heavy atom. The standard InChI is InChI=1S/C12H14N4O/c1-17-8-9-2-4-10(5-3-9)12-14-7-6-11(15-12)16-13/h2-7H,8,13H2,1H3,(H,14,15,16). The van der Waals surface area contributed by atoms with E-state index in [-0.39, 0.29) is 0 Å². The van der Waals surface area contributed by atoms with Gasteiger partial charge in [-0.15, -0.1) is 0 Å². The van der Waals surface area contributed by atoms with Crippen molar-refractivity contribution in [1.29, 1.82) is 0 Å². The van der Waals surface area contributed by atoms with E-state index < -0.39 is 0 Å². The van der Waals surface area contributed by atoms with Gasteiger partial charge in [-0.3, -0.25) is 0 Å². The van der Waals surface area contributed by atoms with Crippen LogP contribution in [0.1, 0.15) is 5.56 Å². The molecule has 0 aliphatic carbocycles. The number of nitrogens with one attached hydrogen (secondary N) is 1. The summed E-state index contributed by atoms with van der Waals surface area (Å²) in [6.45, 7) is 0.603. The SMILES string of the molecule is COCc1ccc(-c2nccc(NN)n2)cc1. The van der Waals surface area contributed by atoms with Crippen molar-refractivity contribution >= 4 is 5.82 Å². The summed E-state index contributed by atoms with van der Waals surface area (Å²) in [6.07, 6.45) is 1.67. The summed E-state index contributed by atoms with van der Waals surface area (Å²) >= 11 is 0. The van der Waals surface area contributed by atoms with E-state index in [4.69, 9.17) is 10.6 Å². The maximum absolute atomic E-state index is 5.30. The monoisotopic (exact) mass is 230 g/mol. The molecule has 0 radical (unpaired) electrons. The summed E-state index contributed by atoms with van der Waals surface area (Å²) in [7, 11) is 1.67. The molecular formula is C12H14N4O. The van der Waals surface area contributed by atoms with Crippen molar-refractivity contribution in [3.63, 3.8) is 0 Å². The Kier molecular flexibility index (Phi) is 3.64. The molecule has 88 valence electrons. The van der Waals surface area contributed by atoms with Gasteiger partial charge in [-0.25, -0.2) is 15.8 Å². The molecule has 1 aromatic heterocycles. The van der Waals surface area contributed by atoms with Crippen LogP contribution in [0.15, 0.2) is 36.5 Å². The second kappa shape index (κ2) is 5.38. The summed E-state index contributed by atoms with van der Waals surface area (Å²) in [5.74, 6) is 6.54. The lowest BCUT2D eigenvalue weighted by Crippen LogP contribution is -2.09. The number of ether oxygens (including phenoxy) is 1. The Bertz CT molecular complexity index is 484. The molecule has 0 spiro atoms. The van der Waals surface area contributed by atoms with Crippen LogP contribution in [0, 0.1) is 0 Å². The van der Waals surface area contributed by atoms with Crippen LogP contribution in [0.3, 0.4) is 0 Å². The van der Waals surface area contributed by atoms with Gasteiger partial charge in [0.05, 0.1) is 6.61 Å². The minimum Gasteiger partial charge on any atom is -0.380 e. The van der Waals surface area contributed by atoms with E-state index in [0.717, 1.165) is 11.1 Å². The predicted octanol–water partition coefficient (Wildman–Crippen LogP) is 1.58. The van der Waals surface area contributed by atoms with Gasteiger partial charge < -0.3 is 10.2 Å². The number of nitrogens with zero attached hydrogens (tertiary/aromatic N) is 2. The zero-order valence-electron chi connectivity index (χ0n) is 9.55. The molecule has 0 unspecified atom stereocenters. The third kappa shape index (κ3) is 2.77. The van der Waals surface area contributed by atoms with Gasteiger partial charge in [0.1, 0.15) is 5.82 Å². The van der Waals surface area contributed by atoms with Gasteiger partial charge in [0.25, 0.3) is 0 Å². The Labute approximate surface area is 99.6 Å². The van der Waals surface area contributed by atoms with Gasteiger partial charge in [0.2, 0.25) is 0 Å². The first kappa shape index (κ1) is 11.5. The van der Waals surface area contributed by atoms with Gasteiger partial charge in [0, 0.05) is 24.9 Å². The average Bonchev–Trinajstić information content (AvgIpc) is 2.40. The highest BCUT2D eigenvalue weighted by Crippen LogP contribution is 2.16. The molecule has 3 N–H and O–H groups in total. The summed E-state index contributed by atoms with van der Waals surface area (Å²) in [5, 5.41) is 0. The lowest BCUT2D eigenvalue weighted by atomic mass is 10.1. The molecule has 0 saturated carbocycles.